The van der Waals surface area contributed by atoms with Crippen molar-refractivity contribution in [3.63, 3.8) is 0 Å². The Bertz CT molecular complexity index is 207. The summed E-state index contributed by atoms with van der Waals surface area (Å²) in [6.45, 7) is 1.06. The Hall–Kier alpha value is -0.610. The number of carbonyl (C=O) groups excluding carboxylic acids is 1. The van der Waals surface area contributed by atoms with E-state index < -0.39 is 5.54 Å². The average Bonchev–Trinajstić information content (AvgIpc) is 2.45. The predicted octanol–water partition coefficient (Wildman–Crippen LogP) is 0.200. The third kappa shape index (κ3) is 1.69. The third-order valence-corrected chi connectivity index (χ3v) is 2.78. The molecule has 0 atom stereocenters. The molecule has 4 heteroatoms. The fraction of sp³-hybridized carbons (Fsp3) is 0.889. The van der Waals surface area contributed by atoms with Gasteiger partial charge in [0.25, 0.3) is 0 Å². The van der Waals surface area contributed by atoms with Gasteiger partial charge in [0, 0.05) is 0 Å². The molecule has 0 aromatic rings. The maximum absolute atomic E-state index is 11.6. The van der Waals surface area contributed by atoms with E-state index in [-0.39, 0.29) is 12.1 Å². The molecule has 0 aromatic carbocycles. The molecule has 2 rings (SSSR count). The molecule has 0 amide bonds. The van der Waals surface area contributed by atoms with E-state index in [2.05, 4.69) is 0 Å². The summed E-state index contributed by atoms with van der Waals surface area (Å²) in [4.78, 5) is 11.6. The summed E-state index contributed by atoms with van der Waals surface area (Å²) in [5.41, 5.74) is 5.22. The van der Waals surface area contributed by atoms with Gasteiger partial charge in [-0.3, -0.25) is 4.79 Å². The molecule has 0 unspecified atom stereocenters. The lowest BCUT2D eigenvalue weighted by Gasteiger charge is -2.30. The summed E-state index contributed by atoms with van der Waals surface area (Å²) in [6, 6.07) is 0. The number of esters is 1. The van der Waals surface area contributed by atoms with Crippen LogP contribution in [0, 0.1) is 0 Å². The Kier molecular flexibility index (Phi) is 2.26. The van der Waals surface area contributed by atoms with Crippen molar-refractivity contribution >= 4 is 5.97 Å². The topological polar surface area (TPSA) is 61.6 Å². The number of rotatable bonds is 2. The molecule has 74 valence electrons. The first-order valence-electron chi connectivity index (χ1n) is 4.78. The van der Waals surface area contributed by atoms with Crippen molar-refractivity contribution in [2.75, 3.05) is 13.2 Å². The van der Waals surface area contributed by atoms with Crippen molar-refractivity contribution in [3.8, 4) is 0 Å². The maximum Gasteiger partial charge on any atom is 0.326 e. The van der Waals surface area contributed by atoms with Gasteiger partial charge in [-0.1, -0.05) is 12.8 Å². The quantitative estimate of drug-likeness (QED) is 0.624. The summed E-state index contributed by atoms with van der Waals surface area (Å²) in [7, 11) is 0. The van der Waals surface area contributed by atoms with Gasteiger partial charge < -0.3 is 15.2 Å². The highest BCUT2D eigenvalue weighted by molar-refractivity contribution is 5.81. The Morgan fingerprint density at radius 3 is 2.46 bits per heavy atom. The first-order chi connectivity index (χ1) is 6.21. The third-order valence-electron chi connectivity index (χ3n) is 2.78. The largest absolute Gasteiger partial charge is 0.456 e. The van der Waals surface area contributed by atoms with Crippen molar-refractivity contribution in [2.45, 2.75) is 37.3 Å². The van der Waals surface area contributed by atoms with Crippen LogP contribution in [0.15, 0.2) is 0 Å². The molecule has 13 heavy (non-hydrogen) atoms. The standard InChI is InChI=1S/C9H15NO3/c10-9(3-1-2-4-9)8(11)13-7-5-12-6-7/h7H,1-6,10H2. The zero-order valence-corrected chi connectivity index (χ0v) is 7.62. The van der Waals surface area contributed by atoms with Crippen molar-refractivity contribution in [1.29, 1.82) is 0 Å². The van der Waals surface area contributed by atoms with Crippen molar-refractivity contribution in [2.24, 2.45) is 5.73 Å². The van der Waals surface area contributed by atoms with Gasteiger partial charge in [0.2, 0.25) is 0 Å². The number of nitrogens with two attached hydrogens (primary N) is 1. The second-order valence-electron chi connectivity index (χ2n) is 3.93. The highest BCUT2D eigenvalue weighted by Crippen LogP contribution is 2.29. The van der Waals surface area contributed by atoms with Crippen LogP contribution in [0.2, 0.25) is 0 Å². The van der Waals surface area contributed by atoms with Gasteiger partial charge in [0.15, 0.2) is 0 Å². The van der Waals surface area contributed by atoms with Crippen LogP contribution in [-0.4, -0.2) is 30.8 Å². The normalized spacial score (nSPS) is 26.8. The Labute approximate surface area is 77.4 Å². The van der Waals surface area contributed by atoms with Gasteiger partial charge in [0.1, 0.15) is 11.6 Å². The van der Waals surface area contributed by atoms with Gasteiger partial charge in [-0.2, -0.15) is 0 Å². The molecule has 0 radical (unpaired) electrons. The molecule has 0 spiro atoms. The Balaban J connectivity index is 1.87. The highest BCUT2D eigenvalue weighted by atomic mass is 16.6. The van der Waals surface area contributed by atoms with E-state index >= 15 is 0 Å². The van der Waals surface area contributed by atoms with Gasteiger partial charge in [0.05, 0.1) is 13.2 Å². The van der Waals surface area contributed by atoms with Crippen LogP contribution in [-0.2, 0) is 14.3 Å². The molecule has 1 aliphatic heterocycles. The molecule has 0 aromatic heterocycles. The Morgan fingerprint density at radius 1 is 1.38 bits per heavy atom. The van der Waals surface area contributed by atoms with Gasteiger partial charge in [-0.05, 0) is 12.8 Å². The lowest BCUT2D eigenvalue weighted by molar-refractivity contribution is -0.178. The fourth-order valence-corrected chi connectivity index (χ4v) is 1.76. The van der Waals surface area contributed by atoms with Crippen LogP contribution in [0.3, 0.4) is 0 Å². The van der Waals surface area contributed by atoms with Crippen LogP contribution >= 0.6 is 0 Å². The number of carbonyl (C=O) groups is 1. The van der Waals surface area contributed by atoms with Crippen LogP contribution in [0.25, 0.3) is 0 Å². The highest BCUT2D eigenvalue weighted by Gasteiger charge is 2.40. The summed E-state index contributed by atoms with van der Waals surface area (Å²) in [5.74, 6) is -0.238. The maximum atomic E-state index is 11.6. The minimum absolute atomic E-state index is 0.0477. The molecule has 1 saturated carbocycles. The van der Waals surface area contributed by atoms with Gasteiger partial charge in [-0.25, -0.2) is 0 Å². The lowest BCUT2D eigenvalue weighted by Crippen LogP contribution is -2.50. The minimum Gasteiger partial charge on any atom is -0.456 e. The smallest absolute Gasteiger partial charge is 0.326 e. The van der Waals surface area contributed by atoms with E-state index in [1.807, 2.05) is 0 Å². The molecule has 1 heterocycles. The monoisotopic (exact) mass is 185 g/mol. The summed E-state index contributed by atoms with van der Waals surface area (Å²) >= 11 is 0. The van der Waals surface area contributed by atoms with Crippen LogP contribution < -0.4 is 5.73 Å². The van der Waals surface area contributed by atoms with E-state index in [4.69, 9.17) is 15.2 Å². The zero-order chi connectivity index (χ0) is 9.31. The summed E-state index contributed by atoms with van der Waals surface area (Å²) in [5, 5.41) is 0. The molecule has 2 N–H and O–H groups in total. The first kappa shape index (κ1) is 8.97. The van der Waals surface area contributed by atoms with Crippen molar-refractivity contribution in [1.82, 2.24) is 0 Å². The summed E-state index contributed by atoms with van der Waals surface area (Å²) in [6.07, 6.45) is 3.55. The molecule has 2 aliphatic rings. The Morgan fingerprint density at radius 2 is 2.00 bits per heavy atom. The van der Waals surface area contributed by atoms with E-state index in [0.717, 1.165) is 25.7 Å². The second-order valence-corrected chi connectivity index (χ2v) is 3.93. The molecule has 0 bridgehead atoms. The van der Waals surface area contributed by atoms with Crippen LogP contribution in [0.5, 0.6) is 0 Å². The van der Waals surface area contributed by atoms with Gasteiger partial charge >= 0.3 is 5.97 Å². The van der Waals surface area contributed by atoms with Crippen LogP contribution in [0.1, 0.15) is 25.7 Å². The molecule has 4 nitrogen and oxygen atoms in total. The van der Waals surface area contributed by atoms with E-state index in [1.54, 1.807) is 0 Å². The lowest BCUT2D eigenvalue weighted by atomic mass is 10.00. The predicted molar refractivity (Wildman–Crippen MR) is 46.1 cm³/mol. The van der Waals surface area contributed by atoms with Crippen LogP contribution in [0.4, 0.5) is 0 Å². The SMILES string of the molecule is NC1(C(=O)OC2COC2)CCCC1. The fourth-order valence-electron chi connectivity index (χ4n) is 1.76. The average molecular weight is 185 g/mol. The van der Waals surface area contributed by atoms with E-state index in [9.17, 15) is 4.79 Å². The number of ether oxygens (including phenoxy) is 2. The second kappa shape index (κ2) is 3.27. The van der Waals surface area contributed by atoms with E-state index in [0.29, 0.717) is 13.2 Å². The molecular formula is C9H15NO3. The van der Waals surface area contributed by atoms with Crippen molar-refractivity contribution in [3.05, 3.63) is 0 Å². The molecule has 2 fully saturated rings. The molecule has 1 aliphatic carbocycles. The van der Waals surface area contributed by atoms with Crippen molar-refractivity contribution < 1.29 is 14.3 Å². The number of hydrogen-bond acceptors (Lipinski definition) is 4. The zero-order valence-electron chi connectivity index (χ0n) is 7.62. The number of hydrogen-bond donors (Lipinski definition) is 1. The summed E-state index contributed by atoms with van der Waals surface area (Å²) < 4.78 is 10.1. The minimum atomic E-state index is -0.699. The molecular weight excluding hydrogens is 170 g/mol. The van der Waals surface area contributed by atoms with E-state index in [1.165, 1.54) is 0 Å². The molecule has 1 saturated heterocycles. The first-order valence-corrected chi connectivity index (χ1v) is 4.78. The van der Waals surface area contributed by atoms with Gasteiger partial charge in [-0.15, -0.1) is 0 Å².